The van der Waals surface area contributed by atoms with E-state index in [4.69, 9.17) is 23.2 Å². The predicted molar refractivity (Wildman–Crippen MR) is 131 cm³/mol. The number of aryl methyl sites for hydroxylation is 1. The molecule has 0 spiro atoms. The number of hydrogen-bond donors (Lipinski definition) is 2. The quantitative estimate of drug-likeness (QED) is 0.394. The minimum Gasteiger partial charge on any atom is -0.378 e. The van der Waals surface area contributed by atoms with Crippen molar-refractivity contribution in [2.45, 2.75) is 30.2 Å². The molecule has 7 heteroatoms. The van der Waals surface area contributed by atoms with E-state index in [0.717, 1.165) is 17.7 Å². The number of anilines is 2. The van der Waals surface area contributed by atoms with Gasteiger partial charge in [0.1, 0.15) is 0 Å². The number of sulfonamides is 1. The highest BCUT2D eigenvalue weighted by Crippen LogP contribution is 2.50. The van der Waals surface area contributed by atoms with Crippen molar-refractivity contribution in [1.29, 1.82) is 0 Å². The zero-order chi connectivity index (χ0) is 22.5. The Hall–Kier alpha value is -2.47. The van der Waals surface area contributed by atoms with Crippen molar-refractivity contribution in [3.05, 3.63) is 99.6 Å². The van der Waals surface area contributed by atoms with Crippen molar-refractivity contribution in [2.24, 2.45) is 5.92 Å². The Morgan fingerprint density at radius 2 is 1.88 bits per heavy atom. The molecular formula is C25H22Cl2N2O2S. The van der Waals surface area contributed by atoms with Crippen LogP contribution in [-0.2, 0) is 10.0 Å². The Balaban J connectivity index is 1.50. The van der Waals surface area contributed by atoms with Crippen LogP contribution in [0, 0.1) is 12.8 Å². The monoisotopic (exact) mass is 484 g/mol. The van der Waals surface area contributed by atoms with Gasteiger partial charge in [-0.3, -0.25) is 4.72 Å². The van der Waals surface area contributed by atoms with E-state index in [9.17, 15) is 8.42 Å². The van der Waals surface area contributed by atoms with Gasteiger partial charge < -0.3 is 5.32 Å². The maximum atomic E-state index is 13.1. The Morgan fingerprint density at radius 1 is 1.03 bits per heavy atom. The molecule has 0 aromatic heterocycles. The number of hydrogen-bond acceptors (Lipinski definition) is 3. The first-order chi connectivity index (χ1) is 15.3. The van der Waals surface area contributed by atoms with Crippen LogP contribution in [-0.4, -0.2) is 8.42 Å². The minimum atomic E-state index is -3.83. The molecule has 3 atom stereocenters. The summed E-state index contributed by atoms with van der Waals surface area (Å²) in [6.07, 6.45) is 5.34. The normalized spacial score (nSPS) is 21.5. The van der Waals surface area contributed by atoms with Gasteiger partial charge in [-0.1, -0.05) is 65.2 Å². The van der Waals surface area contributed by atoms with Crippen LogP contribution in [0.4, 0.5) is 11.4 Å². The van der Waals surface area contributed by atoms with E-state index in [-0.39, 0.29) is 27.6 Å². The zero-order valence-corrected chi connectivity index (χ0v) is 19.7. The Bertz CT molecular complexity index is 1340. The van der Waals surface area contributed by atoms with Crippen LogP contribution in [0.25, 0.3) is 0 Å². The molecular weight excluding hydrogens is 463 g/mol. The summed E-state index contributed by atoms with van der Waals surface area (Å²) in [5, 5.41) is 4.36. The van der Waals surface area contributed by atoms with Gasteiger partial charge in [-0.25, -0.2) is 8.42 Å². The summed E-state index contributed by atoms with van der Waals surface area (Å²) < 4.78 is 28.8. The van der Waals surface area contributed by atoms with Gasteiger partial charge in [-0.2, -0.15) is 0 Å². The molecule has 0 fully saturated rings. The van der Waals surface area contributed by atoms with Gasteiger partial charge >= 0.3 is 0 Å². The second-order valence-electron chi connectivity index (χ2n) is 8.37. The third-order valence-corrected chi connectivity index (χ3v) is 8.15. The topological polar surface area (TPSA) is 58.2 Å². The molecule has 3 aromatic rings. The number of fused-ring (bicyclic) bond motifs is 3. The fourth-order valence-corrected chi connectivity index (χ4v) is 6.21. The Kier molecular flexibility index (Phi) is 5.44. The van der Waals surface area contributed by atoms with Crippen molar-refractivity contribution in [1.82, 2.24) is 0 Å². The van der Waals surface area contributed by atoms with E-state index in [0.29, 0.717) is 10.9 Å². The third-order valence-electron chi connectivity index (χ3n) is 6.22. The van der Waals surface area contributed by atoms with Crippen LogP contribution >= 0.6 is 23.2 Å². The van der Waals surface area contributed by atoms with Crippen molar-refractivity contribution in [3.8, 4) is 0 Å². The molecule has 2 N–H and O–H groups in total. The molecule has 164 valence electrons. The minimum absolute atomic E-state index is 0.154. The van der Waals surface area contributed by atoms with E-state index in [1.807, 2.05) is 6.07 Å². The highest BCUT2D eigenvalue weighted by atomic mass is 35.5. The first kappa shape index (κ1) is 21.4. The van der Waals surface area contributed by atoms with Crippen LogP contribution in [0.15, 0.2) is 77.7 Å². The van der Waals surface area contributed by atoms with Crippen molar-refractivity contribution in [3.63, 3.8) is 0 Å². The van der Waals surface area contributed by atoms with Gasteiger partial charge in [-0.15, -0.1) is 0 Å². The SMILES string of the molecule is Cc1cccc([C@@H]2Nc3ccc(S(=O)(=O)Nc4cc(Cl)ccc4Cl)cc3[C@H]3C=CC[C@H]32)c1. The van der Waals surface area contributed by atoms with Crippen LogP contribution in [0.2, 0.25) is 10.0 Å². The van der Waals surface area contributed by atoms with E-state index in [1.165, 1.54) is 17.2 Å². The maximum absolute atomic E-state index is 13.1. The summed E-state index contributed by atoms with van der Waals surface area (Å²) >= 11 is 12.2. The first-order valence-corrected chi connectivity index (χ1v) is 12.7. The second-order valence-corrected chi connectivity index (χ2v) is 10.9. The van der Waals surface area contributed by atoms with Crippen molar-refractivity contribution in [2.75, 3.05) is 10.0 Å². The van der Waals surface area contributed by atoms with Gasteiger partial charge in [0.15, 0.2) is 0 Å². The Labute approximate surface area is 198 Å². The maximum Gasteiger partial charge on any atom is 0.261 e. The van der Waals surface area contributed by atoms with Crippen molar-refractivity contribution < 1.29 is 8.42 Å². The van der Waals surface area contributed by atoms with Crippen LogP contribution in [0.3, 0.4) is 0 Å². The van der Waals surface area contributed by atoms with Gasteiger partial charge in [0.05, 0.1) is 21.6 Å². The summed E-state index contributed by atoms with van der Waals surface area (Å²) in [6, 6.07) is 18.7. The molecule has 4 nitrogen and oxygen atoms in total. The van der Waals surface area contributed by atoms with Gasteiger partial charge in [0.25, 0.3) is 10.0 Å². The van der Waals surface area contributed by atoms with E-state index in [1.54, 1.807) is 24.3 Å². The summed E-state index contributed by atoms with van der Waals surface area (Å²) in [7, 11) is -3.83. The fourth-order valence-electron chi connectivity index (χ4n) is 4.71. The number of benzene rings is 3. The van der Waals surface area contributed by atoms with Gasteiger partial charge in [0.2, 0.25) is 0 Å². The summed E-state index contributed by atoms with van der Waals surface area (Å²) in [4.78, 5) is 0.196. The average Bonchev–Trinajstić information content (AvgIpc) is 3.25. The van der Waals surface area contributed by atoms with E-state index in [2.05, 4.69) is 53.4 Å². The molecule has 1 aliphatic carbocycles. The molecule has 0 radical (unpaired) electrons. The first-order valence-electron chi connectivity index (χ1n) is 10.4. The van der Waals surface area contributed by atoms with Crippen LogP contribution in [0.1, 0.15) is 35.1 Å². The van der Waals surface area contributed by atoms with Gasteiger partial charge in [-0.05, 0) is 66.8 Å². The number of allylic oxidation sites excluding steroid dienone is 2. The third kappa shape index (κ3) is 3.90. The van der Waals surface area contributed by atoms with Crippen LogP contribution < -0.4 is 10.0 Å². The molecule has 0 saturated carbocycles. The number of nitrogens with one attached hydrogen (secondary N) is 2. The average molecular weight is 485 g/mol. The molecule has 1 aliphatic heterocycles. The van der Waals surface area contributed by atoms with E-state index >= 15 is 0 Å². The predicted octanol–water partition coefficient (Wildman–Crippen LogP) is 6.93. The molecule has 0 unspecified atom stereocenters. The standard InChI is InChI=1S/C25H22Cl2N2O2S/c1-15-4-2-5-16(12-15)25-20-7-3-6-19(20)21-14-18(9-11-23(21)28-25)32(30,31)29-24-13-17(26)8-10-22(24)27/h2-6,8-14,19-20,25,28-29H,7H2,1H3/t19-,20+,25-/m0/s1. The van der Waals surface area contributed by atoms with Crippen LogP contribution in [0.5, 0.6) is 0 Å². The molecule has 5 rings (SSSR count). The molecule has 1 heterocycles. The molecule has 32 heavy (non-hydrogen) atoms. The lowest BCUT2D eigenvalue weighted by atomic mass is 9.77. The lowest BCUT2D eigenvalue weighted by Crippen LogP contribution is -2.29. The molecule has 2 aliphatic rings. The summed E-state index contributed by atoms with van der Waals surface area (Å²) in [5.74, 6) is 0.485. The lowest BCUT2D eigenvalue weighted by molar-refractivity contribution is 0.425. The summed E-state index contributed by atoms with van der Waals surface area (Å²) in [6.45, 7) is 2.10. The fraction of sp³-hybridized carbons (Fsp3) is 0.200. The Morgan fingerprint density at radius 3 is 2.69 bits per heavy atom. The van der Waals surface area contributed by atoms with Crippen molar-refractivity contribution >= 4 is 44.6 Å². The number of halogens is 2. The summed E-state index contributed by atoms with van der Waals surface area (Å²) in [5.41, 5.74) is 4.69. The molecule has 0 amide bonds. The highest BCUT2D eigenvalue weighted by Gasteiger charge is 2.38. The molecule has 0 saturated heterocycles. The van der Waals surface area contributed by atoms with E-state index < -0.39 is 10.0 Å². The van der Waals surface area contributed by atoms with Gasteiger partial charge in [0, 0.05) is 16.6 Å². The largest absolute Gasteiger partial charge is 0.378 e. The smallest absolute Gasteiger partial charge is 0.261 e. The zero-order valence-electron chi connectivity index (χ0n) is 17.3. The number of rotatable bonds is 4. The lowest BCUT2D eigenvalue weighted by Gasteiger charge is -2.37. The molecule has 3 aromatic carbocycles. The second kappa shape index (κ2) is 8.14. The molecule has 0 bridgehead atoms. The highest BCUT2D eigenvalue weighted by molar-refractivity contribution is 7.92.